The van der Waals surface area contributed by atoms with E-state index >= 15 is 0 Å². The predicted octanol–water partition coefficient (Wildman–Crippen LogP) is 2.05. The van der Waals surface area contributed by atoms with Crippen LogP contribution in [0.1, 0.15) is 0 Å². The highest BCUT2D eigenvalue weighted by Crippen LogP contribution is 2.06. The maximum Gasteiger partial charge on any atom is 0.248 e. The van der Waals surface area contributed by atoms with E-state index in [1.54, 1.807) is 0 Å². The minimum atomic E-state index is -0.0521. The van der Waals surface area contributed by atoms with Crippen molar-refractivity contribution < 1.29 is 0 Å². The quantitative estimate of drug-likeness (QED) is 0.684. The molecule has 3 N–H and O–H groups in total. The molecule has 2 aromatic rings. The van der Waals surface area contributed by atoms with Gasteiger partial charge in [0.05, 0.1) is 0 Å². The zero-order valence-electron chi connectivity index (χ0n) is 7.24. The summed E-state index contributed by atoms with van der Waals surface area (Å²) in [7, 11) is 0. The van der Waals surface area contributed by atoms with Gasteiger partial charge in [-0.15, -0.1) is 12.4 Å². The van der Waals surface area contributed by atoms with Gasteiger partial charge >= 0.3 is 0 Å². The smallest absolute Gasteiger partial charge is 0.248 e. The first kappa shape index (κ1) is 13.0. The monoisotopic (exact) mass is 232 g/mol. The molecule has 0 amide bonds. The number of pyridine rings is 1. The second-order valence-corrected chi connectivity index (χ2v) is 2.41. The first-order valence-electron chi connectivity index (χ1n) is 3.66. The van der Waals surface area contributed by atoms with Crippen LogP contribution in [-0.2, 0) is 0 Å². The van der Waals surface area contributed by atoms with Crippen molar-refractivity contribution in [2.45, 2.75) is 0 Å². The first-order chi connectivity index (χ1) is 6.36. The van der Waals surface area contributed by atoms with E-state index < -0.39 is 0 Å². The van der Waals surface area contributed by atoms with Crippen molar-refractivity contribution in [2.24, 2.45) is 5.25 Å². The number of rotatable bonds is 0. The van der Waals surface area contributed by atoms with Crippen molar-refractivity contribution in [3.05, 3.63) is 46.8 Å². The molecule has 0 fully saturated rings. The third-order valence-electron chi connectivity index (χ3n) is 1.63. The lowest BCUT2D eigenvalue weighted by Crippen LogP contribution is -2.01. The summed E-state index contributed by atoms with van der Waals surface area (Å²) in [5.41, 5.74) is 0.837. The third kappa shape index (κ3) is 3.03. The molecule has 0 aliphatic carbocycles. The first-order valence-corrected chi connectivity index (χ1v) is 4.10. The van der Waals surface area contributed by atoms with E-state index in [1.165, 1.54) is 6.07 Å². The Morgan fingerprint density at radius 2 is 1.71 bits per heavy atom. The summed E-state index contributed by atoms with van der Waals surface area (Å²) < 4.78 is 0. The molecule has 0 unspecified atom stereocenters. The number of hydrogen-bond donors (Lipinski definition) is 2. The highest BCUT2D eigenvalue weighted by atomic mass is 35.5. The Kier molecular flexibility index (Phi) is 5.95. The number of hydrogen-bond acceptors (Lipinski definition) is 2. The molecule has 0 aliphatic rings. The summed E-state index contributed by atoms with van der Waals surface area (Å²) in [6.45, 7) is 0. The van der Waals surface area contributed by atoms with Gasteiger partial charge in [0, 0.05) is 11.6 Å². The van der Waals surface area contributed by atoms with Gasteiger partial charge in [0.25, 0.3) is 0 Å². The minimum Gasteiger partial charge on any atom is -0.322 e. The Bertz CT molecular complexity index is 442. The molecule has 76 valence electrons. The predicted molar refractivity (Wildman–Crippen MR) is 61.9 cm³/mol. The second-order valence-electron chi connectivity index (χ2n) is 2.41. The molecule has 0 radical (unpaired) electrons. The van der Waals surface area contributed by atoms with Crippen LogP contribution in [0.15, 0.2) is 41.2 Å². The molecule has 1 aromatic heterocycles. The van der Waals surface area contributed by atoms with Gasteiger partial charge in [-0.25, -0.2) is 5.25 Å². The van der Waals surface area contributed by atoms with Crippen LogP contribution in [0.2, 0.25) is 0 Å². The van der Waals surface area contributed by atoms with E-state index in [0.29, 0.717) is 0 Å². The molecule has 14 heavy (non-hydrogen) atoms. The van der Waals surface area contributed by atoms with Crippen molar-refractivity contribution in [1.29, 1.82) is 0 Å². The molecule has 0 spiro atoms. The lowest BCUT2D eigenvalue weighted by molar-refractivity contribution is 1.31. The van der Waals surface area contributed by atoms with Gasteiger partial charge in [0.1, 0.15) is 0 Å². The summed E-state index contributed by atoms with van der Waals surface area (Å²) in [5, 5.41) is 5.03. The number of para-hydroxylation sites is 1. The Balaban J connectivity index is 0.000000531. The van der Waals surface area contributed by atoms with Crippen molar-refractivity contribution in [3.63, 3.8) is 0 Å². The molecule has 1 heterocycles. The summed E-state index contributed by atoms with van der Waals surface area (Å²) in [6.07, 6.45) is 0. The van der Waals surface area contributed by atoms with Gasteiger partial charge in [-0.3, -0.25) is 4.79 Å². The number of nitrogens with one attached hydrogen (secondary N) is 1. The van der Waals surface area contributed by atoms with Gasteiger partial charge in [-0.05, 0) is 29.3 Å². The molecule has 5 heteroatoms. The van der Waals surface area contributed by atoms with Crippen LogP contribution < -0.4 is 10.8 Å². The lowest BCUT2D eigenvalue weighted by atomic mass is 10.2. The Morgan fingerprint density at radius 1 is 1.07 bits per heavy atom. The van der Waals surface area contributed by atoms with Crippen molar-refractivity contribution in [1.82, 2.24) is 4.98 Å². The number of aromatic amines is 1. The number of H-pyrrole nitrogens is 1. The molecular weight excluding hydrogens is 223 g/mol. The van der Waals surface area contributed by atoms with Crippen LogP contribution in [-0.4, -0.2) is 4.98 Å². The average molecular weight is 233 g/mol. The van der Waals surface area contributed by atoms with Crippen molar-refractivity contribution in [3.8, 4) is 0 Å². The van der Waals surface area contributed by atoms with Gasteiger partial charge in [-0.1, -0.05) is 18.2 Å². The maximum absolute atomic E-state index is 10.8. The fraction of sp³-hybridized carbons (Fsp3) is 0. The van der Waals surface area contributed by atoms with E-state index in [0.717, 1.165) is 10.9 Å². The Hall–Kier alpha value is -1.03. The van der Waals surface area contributed by atoms with E-state index in [9.17, 15) is 4.79 Å². The lowest BCUT2D eigenvalue weighted by Gasteiger charge is -1.93. The fourth-order valence-electron chi connectivity index (χ4n) is 1.10. The van der Waals surface area contributed by atoms with Crippen LogP contribution in [0.25, 0.3) is 10.9 Å². The summed E-state index contributed by atoms with van der Waals surface area (Å²) in [5.74, 6) is 0. The standard InChI is InChI=1S/C9H7NO.ClH2N.ClH/c11-9-6-5-7-3-1-2-4-8(7)10-9;1-2;/h1-6H,(H,10,11);2H2;1H. The van der Waals surface area contributed by atoms with E-state index in [-0.39, 0.29) is 18.0 Å². The van der Waals surface area contributed by atoms with Crippen LogP contribution in [0.5, 0.6) is 0 Å². The average Bonchev–Trinajstić information content (AvgIpc) is 2.21. The molecule has 1 aromatic carbocycles. The molecule has 0 saturated heterocycles. The molecule has 3 nitrogen and oxygen atoms in total. The van der Waals surface area contributed by atoms with Crippen LogP contribution >= 0.6 is 24.2 Å². The normalized spacial score (nSPS) is 8.43. The molecule has 0 atom stereocenters. The van der Waals surface area contributed by atoms with E-state index in [1.807, 2.05) is 30.3 Å². The van der Waals surface area contributed by atoms with Crippen LogP contribution in [0.3, 0.4) is 0 Å². The highest BCUT2D eigenvalue weighted by molar-refractivity contribution is 6.11. The molecule has 0 aliphatic heterocycles. The summed E-state index contributed by atoms with van der Waals surface area (Å²) in [4.78, 5) is 13.6. The molecule has 0 saturated carbocycles. The molecule has 0 bridgehead atoms. The van der Waals surface area contributed by atoms with Gasteiger partial charge in [0.15, 0.2) is 0 Å². The SMILES string of the molecule is Cl.NCl.O=c1ccc2ccccc2[nH]1. The number of nitrogens with two attached hydrogens (primary N) is 1. The second kappa shape index (κ2) is 6.43. The number of halogens is 2. The maximum atomic E-state index is 10.8. The topological polar surface area (TPSA) is 58.9 Å². The Morgan fingerprint density at radius 3 is 2.43 bits per heavy atom. The number of benzene rings is 1. The van der Waals surface area contributed by atoms with Gasteiger partial charge in [-0.2, -0.15) is 0 Å². The van der Waals surface area contributed by atoms with E-state index in [4.69, 9.17) is 0 Å². The van der Waals surface area contributed by atoms with Gasteiger partial charge < -0.3 is 4.98 Å². The van der Waals surface area contributed by atoms with Crippen molar-refractivity contribution >= 4 is 35.1 Å². The van der Waals surface area contributed by atoms with E-state index in [2.05, 4.69) is 22.0 Å². The molecule has 2 rings (SSSR count). The fourth-order valence-corrected chi connectivity index (χ4v) is 1.10. The summed E-state index contributed by atoms with van der Waals surface area (Å²) in [6, 6.07) is 11.0. The zero-order valence-corrected chi connectivity index (χ0v) is 8.81. The highest BCUT2D eigenvalue weighted by Gasteiger charge is 1.89. The van der Waals surface area contributed by atoms with Crippen molar-refractivity contribution in [2.75, 3.05) is 0 Å². The van der Waals surface area contributed by atoms with Crippen LogP contribution in [0.4, 0.5) is 0 Å². The largest absolute Gasteiger partial charge is 0.322 e. The Labute approximate surface area is 92.4 Å². The van der Waals surface area contributed by atoms with Gasteiger partial charge in [0.2, 0.25) is 5.56 Å². The zero-order chi connectivity index (χ0) is 9.68. The summed E-state index contributed by atoms with van der Waals surface area (Å²) >= 11 is 4.14. The van der Waals surface area contributed by atoms with Crippen LogP contribution in [0, 0.1) is 0 Å². The number of fused-ring (bicyclic) bond motifs is 1. The number of aromatic nitrogens is 1. The minimum absolute atomic E-state index is 0. The molecular formula is C9H10Cl2N2O. The third-order valence-corrected chi connectivity index (χ3v) is 1.63.